The number of para-hydroxylation sites is 2. The first-order valence-electron chi connectivity index (χ1n) is 21.7. The molecule has 0 aliphatic rings. The molecule has 3 heterocycles. The van der Waals surface area contributed by atoms with Crippen LogP contribution in [0.25, 0.3) is 122 Å². The van der Waals surface area contributed by atoms with Crippen molar-refractivity contribution in [1.82, 2.24) is 24.1 Å². The molecule has 3 aromatic heterocycles. The third-order valence-corrected chi connectivity index (χ3v) is 12.7. The molecule has 0 fully saturated rings. The largest absolute Gasteiger partial charge is 0.309 e. The van der Waals surface area contributed by atoms with Crippen molar-refractivity contribution >= 4 is 65.2 Å². The maximum Gasteiger partial charge on any atom is 0.164 e. The van der Waals surface area contributed by atoms with Crippen LogP contribution >= 0.6 is 0 Å². The Bertz CT molecular complexity index is 3870. The Hall–Kier alpha value is -8.67. The highest BCUT2D eigenvalue weighted by molar-refractivity contribution is 6.27. The van der Waals surface area contributed by atoms with E-state index in [1.54, 1.807) is 0 Å². The van der Waals surface area contributed by atoms with Crippen molar-refractivity contribution in [3.63, 3.8) is 0 Å². The van der Waals surface area contributed by atoms with Gasteiger partial charge in [0.05, 0.1) is 22.1 Å². The van der Waals surface area contributed by atoms with Crippen molar-refractivity contribution in [1.29, 1.82) is 0 Å². The van der Waals surface area contributed by atoms with Gasteiger partial charge in [0.25, 0.3) is 0 Å². The number of rotatable bonds is 6. The summed E-state index contributed by atoms with van der Waals surface area (Å²) in [6.45, 7) is 0. The molecule has 0 N–H and O–H groups in total. The average molecular weight is 816 g/mol. The monoisotopic (exact) mass is 815 g/mol. The summed E-state index contributed by atoms with van der Waals surface area (Å²) < 4.78 is 4.86. The van der Waals surface area contributed by atoms with Crippen LogP contribution in [-0.2, 0) is 0 Å². The van der Waals surface area contributed by atoms with Gasteiger partial charge >= 0.3 is 0 Å². The first-order valence-corrected chi connectivity index (χ1v) is 21.7. The number of fused-ring (bicyclic) bond motifs is 9. The summed E-state index contributed by atoms with van der Waals surface area (Å²) in [4.78, 5) is 15.0. The molecule has 64 heavy (non-hydrogen) atoms. The Morgan fingerprint density at radius 3 is 1.47 bits per heavy atom. The maximum absolute atomic E-state index is 5.05. The maximum atomic E-state index is 5.05. The van der Waals surface area contributed by atoms with E-state index in [4.69, 9.17) is 15.0 Å². The highest BCUT2D eigenvalue weighted by Gasteiger charge is 2.23. The summed E-state index contributed by atoms with van der Waals surface area (Å²) in [5, 5.41) is 9.76. The lowest BCUT2D eigenvalue weighted by atomic mass is 9.93. The molecule has 0 saturated carbocycles. The highest BCUT2D eigenvalue weighted by atomic mass is 15.0. The molecule has 0 atom stereocenters. The van der Waals surface area contributed by atoms with E-state index in [0.29, 0.717) is 17.5 Å². The first-order chi connectivity index (χ1) is 31.7. The van der Waals surface area contributed by atoms with Crippen molar-refractivity contribution in [3.05, 3.63) is 224 Å². The second kappa shape index (κ2) is 14.5. The van der Waals surface area contributed by atoms with Gasteiger partial charge in [-0.2, -0.15) is 0 Å². The van der Waals surface area contributed by atoms with Crippen molar-refractivity contribution in [2.24, 2.45) is 0 Å². The van der Waals surface area contributed by atoms with Gasteiger partial charge in [-0.25, -0.2) is 15.0 Å². The fourth-order valence-corrected chi connectivity index (χ4v) is 9.85. The van der Waals surface area contributed by atoms with E-state index in [2.05, 4.69) is 173 Å². The molecule has 5 nitrogen and oxygen atoms in total. The minimum absolute atomic E-state index is 0.627. The van der Waals surface area contributed by atoms with Crippen molar-refractivity contribution < 1.29 is 0 Å². The average Bonchev–Trinajstić information content (AvgIpc) is 3.89. The third kappa shape index (κ3) is 5.68. The SMILES string of the molecule is c1ccc(-c2nc(-c3ccccc3)nc(-c3ccc(-n4c5ccc6ccccc6c5c5cc6ccccc6c(-c6ccc7c(c6)c6ccccc6n7-c6ccccc6)c54)cc3)n2)cc1. The molecule has 0 bridgehead atoms. The smallest absolute Gasteiger partial charge is 0.164 e. The van der Waals surface area contributed by atoms with Gasteiger partial charge in [-0.1, -0.05) is 158 Å². The molecule has 0 unspecified atom stereocenters. The van der Waals surface area contributed by atoms with E-state index in [1.807, 2.05) is 60.7 Å². The summed E-state index contributed by atoms with van der Waals surface area (Å²) >= 11 is 0. The Kier molecular flexibility index (Phi) is 8.15. The number of benzene rings is 10. The van der Waals surface area contributed by atoms with E-state index >= 15 is 0 Å². The van der Waals surface area contributed by atoms with Crippen LogP contribution in [0.1, 0.15) is 0 Å². The molecular formula is C59H37N5. The predicted octanol–water partition coefficient (Wildman–Crippen LogP) is 15.0. The molecule has 298 valence electrons. The van der Waals surface area contributed by atoms with Gasteiger partial charge in [-0.15, -0.1) is 0 Å². The summed E-state index contributed by atoms with van der Waals surface area (Å²) in [5.41, 5.74) is 12.1. The van der Waals surface area contributed by atoms with Crippen LogP contribution in [0.5, 0.6) is 0 Å². The number of aromatic nitrogens is 5. The van der Waals surface area contributed by atoms with Crippen LogP contribution in [0.2, 0.25) is 0 Å². The van der Waals surface area contributed by atoms with Crippen molar-refractivity contribution in [3.8, 4) is 56.7 Å². The van der Waals surface area contributed by atoms with Gasteiger partial charge < -0.3 is 9.13 Å². The molecule has 0 aliphatic carbocycles. The normalized spacial score (nSPS) is 11.8. The molecule has 5 heteroatoms. The van der Waals surface area contributed by atoms with E-state index in [-0.39, 0.29) is 0 Å². The number of hydrogen-bond acceptors (Lipinski definition) is 3. The van der Waals surface area contributed by atoms with E-state index in [9.17, 15) is 0 Å². The van der Waals surface area contributed by atoms with Gasteiger partial charge in [0, 0.05) is 55.2 Å². The zero-order chi connectivity index (χ0) is 42.1. The summed E-state index contributed by atoms with van der Waals surface area (Å²) in [6.07, 6.45) is 0. The van der Waals surface area contributed by atoms with Gasteiger partial charge in [-0.05, 0) is 93.8 Å². The van der Waals surface area contributed by atoms with E-state index < -0.39 is 0 Å². The second-order valence-corrected chi connectivity index (χ2v) is 16.4. The van der Waals surface area contributed by atoms with Gasteiger partial charge in [0.1, 0.15) is 0 Å². The topological polar surface area (TPSA) is 48.5 Å². The van der Waals surface area contributed by atoms with Crippen molar-refractivity contribution in [2.75, 3.05) is 0 Å². The van der Waals surface area contributed by atoms with Crippen LogP contribution in [0, 0.1) is 0 Å². The Morgan fingerprint density at radius 1 is 0.281 bits per heavy atom. The van der Waals surface area contributed by atoms with Crippen molar-refractivity contribution in [2.45, 2.75) is 0 Å². The lowest BCUT2D eigenvalue weighted by Gasteiger charge is -2.15. The lowest BCUT2D eigenvalue weighted by Crippen LogP contribution is -2.00. The highest BCUT2D eigenvalue weighted by Crippen LogP contribution is 2.46. The van der Waals surface area contributed by atoms with E-state index in [1.165, 1.54) is 70.8 Å². The van der Waals surface area contributed by atoms with Crippen LogP contribution in [0.4, 0.5) is 0 Å². The molecule has 0 amide bonds. The third-order valence-electron chi connectivity index (χ3n) is 12.7. The molecular weight excluding hydrogens is 779 g/mol. The zero-order valence-corrected chi connectivity index (χ0v) is 34.6. The van der Waals surface area contributed by atoms with Crippen LogP contribution < -0.4 is 0 Å². The summed E-state index contributed by atoms with van der Waals surface area (Å²) in [6, 6.07) is 80.0. The van der Waals surface area contributed by atoms with Crippen LogP contribution in [0.15, 0.2) is 224 Å². The first kappa shape index (κ1) is 36.0. The quantitative estimate of drug-likeness (QED) is 0.168. The second-order valence-electron chi connectivity index (χ2n) is 16.4. The molecule has 0 spiro atoms. The number of hydrogen-bond donors (Lipinski definition) is 0. The summed E-state index contributed by atoms with van der Waals surface area (Å²) in [7, 11) is 0. The molecule has 0 saturated heterocycles. The van der Waals surface area contributed by atoms with E-state index in [0.717, 1.165) is 33.6 Å². The molecule has 10 aromatic carbocycles. The van der Waals surface area contributed by atoms with Crippen LogP contribution in [0.3, 0.4) is 0 Å². The fraction of sp³-hybridized carbons (Fsp3) is 0. The molecule has 13 aromatic rings. The van der Waals surface area contributed by atoms with Gasteiger partial charge in [0.15, 0.2) is 17.5 Å². The lowest BCUT2D eigenvalue weighted by molar-refractivity contribution is 1.07. The summed E-state index contributed by atoms with van der Waals surface area (Å²) in [5.74, 6) is 1.91. The van der Waals surface area contributed by atoms with Crippen LogP contribution in [-0.4, -0.2) is 24.1 Å². The van der Waals surface area contributed by atoms with Gasteiger partial charge in [0.2, 0.25) is 0 Å². The number of nitrogens with zero attached hydrogens (tertiary/aromatic N) is 5. The standard InChI is InChI=1S/C59H37N5/c1-4-17-39(18-5-1)57-60-58(40-19-6-2-7-20-40)62-59(61-57)41-28-32-45(33-29-41)64-53-35-30-38-16-10-12-24-46(38)55(53)50-36-42-21-11-13-25-47(42)54(56(50)64)43-31-34-52-49(37-43)48-26-14-15-27-51(48)63(52)44-22-8-3-9-23-44/h1-37H. The Labute approximate surface area is 368 Å². The minimum Gasteiger partial charge on any atom is -0.309 e. The molecule has 0 radical (unpaired) electrons. The van der Waals surface area contributed by atoms with Gasteiger partial charge in [-0.3, -0.25) is 0 Å². The molecule has 0 aliphatic heterocycles. The Morgan fingerprint density at radius 2 is 0.781 bits per heavy atom. The zero-order valence-electron chi connectivity index (χ0n) is 34.6. The predicted molar refractivity (Wildman–Crippen MR) is 265 cm³/mol. The molecule has 13 rings (SSSR count). The fourth-order valence-electron chi connectivity index (χ4n) is 9.85. The minimum atomic E-state index is 0.627. The Balaban J connectivity index is 1.07.